The number of nitrogens with zero attached hydrogens (tertiary/aromatic N) is 1. The number of hydrogen-bond acceptors (Lipinski definition) is 6. The summed E-state index contributed by atoms with van der Waals surface area (Å²) in [5, 5.41) is 18.5. The number of carbonyl (C=O) groups is 3. The summed E-state index contributed by atoms with van der Waals surface area (Å²) in [7, 11) is 0. The predicted octanol–water partition coefficient (Wildman–Crippen LogP) is 3.17. The van der Waals surface area contributed by atoms with E-state index in [4.69, 9.17) is 4.74 Å². The molecule has 2 aromatic carbocycles. The Morgan fingerprint density at radius 2 is 1.58 bits per heavy atom. The number of non-ortho nitro benzene ring substituents is 1. The van der Waals surface area contributed by atoms with E-state index in [2.05, 4.69) is 16.0 Å². The maximum atomic E-state index is 12.9. The molecule has 0 bridgehead atoms. The maximum Gasteiger partial charge on any atom is 0.408 e. The third-order valence-electron chi connectivity index (χ3n) is 4.39. The fourth-order valence-electron chi connectivity index (χ4n) is 2.81. The van der Waals surface area contributed by atoms with Gasteiger partial charge in [0.05, 0.1) is 4.92 Å². The molecule has 0 heterocycles. The Kier molecular flexibility index (Phi) is 8.49. The number of nitro groups is 1. The molecule has 2 atom stereocenters. The average molecular weight is 456 g/mol. The smallest absolute Gasteiger partial charge is 0.408 e. The van der Waals surface area contributed by atoms with E-state index in [-0.39, 0.29) is 12.1 Å². The molecule has 176 valence electrons. The molecule has 0 aliphatic heterocycles. The number of amides is 3. The molecule has 0 unspecified atom stereocenters. The Bertz CT molecular complexity index is 986. The van der Waals surface area contributed by atoms with Crippen molar-refractivity contribution in [1.29, 1.82) is 0 Å². The van der Waals surface area contributed by atoms with Crippen LogP contribution in [0.3, 0.4) is 0 Å². The second kappa shape index (κ2) is 11.1. The minimum atomic E-state index is -0.975. The summed E-state index contributed by atoms with van der Waals surface area (Å²) in [5.41, 5.74) is 0.318. The van der Waals surface area contributed by atoms with Crippen LogP contribution in [0.1, 0.15) is 33.3 Å². The van der Waals surface area contributed by atoms with Gasteiger partial charge in [0.15, 0.2) is 0 Å². The van der Waals surface area contributed by atoms with Crippen molar-refractivity contribution in [3.05, 3.63) is 70.3 Å². The highest BCUT2D eigenvalue weighted by molar-refractivity contribution is 5.98. The molecule has 2 rings (SSSR count). The van der Waals surface area contributed by atoms with Gasteiger partial charge in [-0.05, 0) is 45.4 Å². The number of carbonyl (C=O) groups excluding carboxylic acids is 3. The van der Waals surface area contributed by atoms with Crippen LogP contribution >= 0.6 is 0 Å². The summed E-state index contributed by atoms with van der Waals surface area (Å²) in [4.78, 5) is 47.8. The van der Waals surface area contributed by atoms with E-state index >= 15 is 0 Å². The van der Waals surface area contributed by atoms with E-state index < -0.39 is 40.5 Å². The first-order valence-corrected chi connectivity index (χ1v) is 10.3. The summed E-state index contributed by atoms with van der Waals surface area (Å²) in [6.45, 7) is 6.63. The number of alkyl carbamates (subject to hydrolysis) is 1. The number of benzene rings is 2. The number of anilines is 1. The number of ether oxygens (including phenoxy) is 1. The first kappa shape index (κ1) is 25.3. The first-order chi connectivity index (χ1) is 15.4. The van der Waals surface area contributed by atoms with Crippen molar-refractivity contribution in [2.24, 2.45) is 0 Å². The number of rotatable bonds is 8. The highest BCUT2D eigenvalue weighted by Gasteiger charge is 2.27. The molecule has 10 heteroatoms. The number of nitro benzene ring substituents is 1. The lowest BCUT2D eigenvalue weighted by Gasteiger charge is -2.24. The zero-order valence-electron chi connectivity index (χ0n) is 19.0. The molecular formula is C23H28N4O6. The standard InChI is InChI=1S/C23H28N4O6/c1-15(20(28)25-17-10-12-18(13-11-17)27(31)32)24-21(29)19(14-16-8-6-5-7-9-16)26-22(30)33-23(2,3)4/h5-13,15,19H,14H2,1-4H3,(H,24,29)(H,25,28)(H,26,30)/t15-,19-/m0/s1. The minimum absolute atomic E-state index is 0.105. The van der Waals surface area contributed by atoms with Gasteiger partial charge in [-0.2, -0.15) is 0 Å². The quantitative estimate of drug-likeness (QED) is 0.412. The molecule has 0 saturated carbocycles. The fraction of sp³-hybridized carbons (Fsp3) is 0.348. The van der Waals surface area contributed by atoms with Crippen molar-refractivity contribution in [1.82, 2.24) is 10.6 Å². The van der Waals surface area contributed by atoms with Gasteiger partial charge < -0.3 is 20.7 Å². The first-order valence-electron chi connectivity index (χ1n) is 10.3. The Labute approximate surface area is 191 Å². The van der Waals surface area contributed by atoms with Crippen molar-refractivity contribution in [3.63, 3.8) is 0 Å². The lowest BCUT2D eigenvalue weighted by Crippen LogP contribution is -2.53. The van der Waals surface area contributed by atoms with E-state index in [1.165, 1.54) is 31.2 Å². The van der Waals surface area contributed by atoms with Crippen LogP contribution in [0.4, 0.5) is 16.2 Å². The molecule has 33 heavy (non-hydrogen) atoms. The van der Waals surface area contributed by atoms with Gasteiger partial charge in [0, 0.05) is 24.2 Å². The monoisotopic (exact) mass is 456 g/mol. The van der Waals surface area contributed by atoms with Crippen molar-refractivity contribution in [2.75, 3.05) is 5.32 Å². The lowest BCUT2D eigenvalue weighted by atomic mass is 10.0. The van der Waals surface area contributed by atoms with Crippen molar-refractivity contribution in [2.45, 2.75) is 51.8 Å². The van der Waals surface area contributed by atoms with Gasteiger partial charge in [-0.25, -0.2) is 4.79 Å². The molecule has 0 saturated heterocycles. The van der Waals surface area contributed by atoms with E-state index in [1.807, 2.05) is 30.3 Å². The Balaban J connectivity index is 2.05. The maximum absolute atomic E-state index is 12.9. The molecule has 3 amide bonds. The highest BCUT2D eigenvalue weighted by Crippen LogP contribution is 2.15. The topological polar surface area (TPSA) is 140 Å². The summed E-state index contributed by atoms with van der Waals surface area (Å²) < 4.78 is 5.26. The molecular weight excluding hydrogens is 428 g/mol. The summed E-state index contributed by atoms with van der Waals surface area (Å²) in [5.74, 6) is -1.08. The van der Waals surface area contributed by atoms with E-state index in [1.54, 1.807) is 20.8 Å². The highest BCUT2D eigenvalue weighted by atomic mass is 16.6. The molecule has 0 spiro atoms. The van der Waals surface area contributed by atoms with Gasteiger partial charge >= 0.3 is 6.09 Å². The third kappa shape index (κ3) is 8.60. The normalized spacial score (nSPS) is 12.7. The van der Waals surface area contributed by atoms with E-state index in [0.29, 0.717) is 5.69 Å². The number of hydrogen-bond donors (Lipinski definition) is 3. The van der Waals surface area contributed by atoms with E-state index in [0.717, 1.165) is 5.56 Å². The SMILES string of the molecule is C[C@H](NC(=O)[C@H](Cc1ccccc1)NC(=O)OC(C)(C)C)C(=O)Nc1ccc([N+](=O)[O-])cc1. The summed E-state index contributed by atoms with van der Waals surface area (Å²) in [6.07, 6.45) is -0.552. The molecule has 3 N–H and O–H groups in total. The summed E-state index contributed by atoms with van der Waals surface area (Å²) >= 11 is 0. The zero-order valence-corrected chi connectivity index (χ0v) is 19.0. The zero-order chi connectivity index (χ0) is 24.6. The van der Waals surface area contributed by atoms with Gasteiger partial charge in [-0.3, -0.25) is 19.7 Å². The number of nitrogens with one attached hydrogen (secondary N) is 3. The largest absolute Gasteiger partial charge is 0.444 e. The van der Waals surface area contributed by atoms with Gasteiger partial charge in [0.2, 0.25) is 11.8 Å². The van der Waals surface area contributed by atoms with Crippen LogP contribution < -0.4 is 16.0 Å². The molecule has 0 aliphatic carbocycles. The van der Waals surface area contributed by atoms with Crippen LogP contribution in [0.25, 0.3) is 0 Å². The molecule has 10 nitrogen and oxygen atoms in total. The molecule has 0 radical (unpaired) electrons. The van der Waals surface area contributed by atoms with Gasteiger partial charge in [0.1, 0.15) is 17.7 Å². The molecule has 0 aromatic heterocycles. The van der Waals surface area contributed by atoms with Gasteiger partial charge in [0.25, 0.3) is 5.69 Å². The fourth-order valence-corrected chi connectivity index (χ4v) is 2.81. The minimum Gasteiger partial charge on any atom is -0.444 e. The van der Waals surface area contributed by atoms with Gasteiger partial charge in [-0.1, -0.05) is 30.3 Å². The average Bonchev–Trinajstić information content (AvgIpc) is 2.73. The Morgan fingerprint density at radius 3 is 2.12 bits per heavy atom. The summed E-state index contributed by atoms with van der Waals surface area (Å²) in [6, 6.07) is 12.5. The molecule has 0 aliphatic rings. The van der Waals surface area contributed by atoms with Crippen LogP contribution in [-0.4, -0.2) is 40.5 Å². The second-order valence-corrected chi connectivity index (χ2v) is 8.41. The Morgan fingerprint density at radius 1 is 0.970 bits per heavy atom. The molecule has 2 aromatic rings. The second-order valence-electron chi connectivity index (χ2n) is 8.41. The van der Waals surface area contributed by atoms with Crippen molar-refractivity contribution in [3.8, 4) is 0 Å². The Hall–Kier alpha value is -3.95. The lowest BCUT2D eigenvalue weighted by molar-refractivity contribution is -0.384. The predicted molar refractivity (Wildman–Crippen MR) is 123 cm³/mol. The van der Waals surface area contributed by atoms with Crippen LogP contribution in [0.5, 0.6) is 0 Å². The van der Waals surface area contributed by atoms with E-state index in [9.17, 15) is 24.5 Å². The van der Waals surface area contributed by atoms with Crippen LogP contribution in [-0.2, 0) is 20.7 Å². The molecule has 0 fully saturated rings. The van der Waals surface area contributed by atoms with Gasteiger partial charge in [-0.15, -0.1) is 0 Å². The van der Waals surface area contributed by atoms with Crippen molar-refractivity contribution < 1.29 is 24.0 Å². The van der Waals surface area contributed by atoms with Crippen LogP contribution in [0.2, 0.25) is 0 Å². The van der Waals surface area contributed by atoms with Crippen LogP contribution in [0, 0.1) is 10.1 Å². The van der Waals surface area contributed by atoms with Crippen LogP contribution in [0.15, 0.2) is 54.6 Å². The third-order valence-corrected chi connectivity index (χ3v) is 4.39. The van der Waals surface area contributed by atoms with Crippen molar-refractivity contribution >= 4 is 29.3 Å².